The summed E-state index contributed by atoms with van der Waals surface area (Å²) in [6, 6.07) is 0.360. The van der Waals surface area contributed by atoms with Crippen molar-refractivity contribution in [1.82, 2.24) is 10.6 Å². The molecule has 3 atom stereocenters. The summed E-state index contributed by atoms with van der Waals surface area (Å²) in [5.41, 5.74) is 0. The molecule has 1 fully saturated rings. The number of carbonyl (C=O) groups is 1. The number of rotatable bonds is 5. The summed E-state index contributed by atoms with van der Waals surface area (Å²) < 4.78 is 0. The summed E-state index contributed by atoms with van der Waals surface area (Å²) in [6.45, 7) is 7.51. The Morgan fingerprint density at radius 3 is 2.80 bits per heavy atom. The van der Waals surface area contributed by atoms with Gasteiger partial charge < -0.3 is 10.6 Å². The topological polar surface area (TPSA) is 41.1 Å². The van der Waals surface area contributed by atoms with Gasteiger partial charge in [-0.25, -0.2) is 0 Å². The van der Waals surface area contributed by atoms with Crippen LogP contribution in [-0.4, -0.2) is 24.5 Å². The zero-order valence-electron chi connectivity index (χ0n) is 10.2. The van der Waals surface area contributed by atoms with Crippen LogP contribution in [0.4, 0.5) is 0 Å². The quantitative estimate of drug-likeness (QED) is 0.728. The van der Waals surface area contributed by atoms with E-state index in [-0.39, 0.29) is 11.9 Å². The second-order valence-electron chi connectivity index (χ2n) is 4.81. The van der Waals surface area contributed by atoms with E-state index in [1.807, 2.05) is 0 Å². The van der Waals surface area contributed by atoms with Crippen molar-refractivity contribution in [3.8, 4) is 0 Å². The maximum Gasteiger partial charge on any atom is 0.237 e. The summed E-state index contributed by atoms with van der Waals surface area (Å²) in [7, 11) is 0. The van der Waals surface area contributed by atoms with Crippen molar-refractivity contribution >= 4 is 5.91 Å². The van der Waals surface area contributed by atoms with Gasteiger partial charge in [0.1, 0.15) is 0 Å². The maximum absolute atomic E-state index is 11.8. The van der Waals surface area contributed by atoms with Crippen LogP contribution in [0.25, 0.3) is 0 Å². The van der Waals surface area contributed by atoms with Gasteiger partial charge in [-0.2, -0.15) is 0 Å². The molecule has 1 amide bonds. The highest BCUT2D eigenvalue weighted by Gasteiger charge is 2.23. The third-order valence-electron chi connectivity index (χ3n) is 3.22. The van der Waals surface area contributed by atoms with Gasteiger partial charge in [0.25, 0.3) is 0 Å². The fourth-order valence-corrected chi connectivity index (χ4v) is 2.08. The van der Waals surface area contributed by atoms with Gasteiger partial charge in [0.2, 0.25) is 5.91 Å². The van der Waals surface area contributed by atoms with Gasteiger partial charge in [-0.05, 0) is 38.6 Å². The molecule has 2 N–H and O–H groups in total. The lowest BCUT2D eigenvalue weighted by Gasteiger charge is -2.19. The Bertz CT molecular complexity index is 200. The highest BCUT2D eigenvalue weighted by molar-refractivity contribution is 5.82. The van der Waals surface area contributed by atoms with Crippen LogP contribution in [-0.2, 0) is 4.79 Å². The van der Waals surface area contributed by atoms with Gasteiger partial charge in [-0.15, -0.1) is 0 Å². The minimum absolute atomic E-state index is 0.0596. The molecular formula is C12H24N2O. The molecule has 0 bridgehead atoms. The largest absolute Gasteiger partial charge is 0.352 e. The summed E-state index contributed by atoms with van der Waals surface area (Å²) >= 11 is 0. The molecule has 1 aliphatic rings. The van der Waals surface area contributed by atoms with Crippen molar-refractivity contribution in [2.75, 3.05) is 6.54 Å². The van der Waals surface area contributed by atoms with Gasteiger partial charge in [-0.3, -0.25) is 4.79 Å². The molecule has 1 heterocycles. The van der Waals surface area contributed by atoms with Crippen LogP contribution in [0.3, 0.4) is 0 Å². The first-order valence-corrected chi connectivity index (χ1v) is 6.17. The molecule has 0 saturated carbocycles. The van der Waals surface area contributed by atoms with Gasteiger partial charge in [-0.1, -0.05) is 20.3 Å². The Morgan fingerprint density at radius 1 is 1.53 bits per heavy atom. The third-order valence-corrected chi connectivity index (χ3v) is 3.22. The molecule has 88 valence electrons. The first-order valence-electron chi connectivity index (χ1n) is 6.17. The second-order valence-corrected chi connectivity index (χ2v) is 4.81. The normalized spacial score (nSPS) is 24.9. The maximum atomic E-state index is 11.8. The van der Waals surface area contributed by atoms with E-state index in [9.17, 15) is 4.79 Å². The first kappa shape index (κ1) is 12.5. The standard InChI is InChI=1S/C12H24N2O/c1-4-9(2)8-10(3)14-12(15)11-6-5-7-13-11/h9-11,13H,4-8H2,1-3H3,(H,14,15)/t9?,10?,11-/m1/s1. The third kappa shape index (κ3) is 4.20. The number of carbonyl (C=O) groups excluding carboxylic acids is 1. The van der Waals surface area contributed by atoms with Crippen LogP contribution >= 0.6 is 0 Å². The van der Waals surface area contributed by atoms with E-state index < -0.39 is 0 Å². The Kier molecular flexibility index (Phi) is 5.09. The van der Waals surface area contributed by atoms with E-state index in [0.717, 1.165) is 25.8 Å². The molecule has 0 radical (unpaired) electrons. The predicted octanol–water partition coefficient (Wildman–Crippen LogP) is 1.68. The summed E-state index contributed by atoms with van der Waals surface area (Å²) in [6.07, 6.45) is 4.37. The van der Waals surface area contributed by atoms with Gasteiger partial charge in [0.05, 0.1) is 6.04 Å². The van der Waals surface area contributed by atoms with Crippen molar-refractivity contribution in [2.45, 2.75) is 58.5 Å². The van der Waals surface area contributed by atoms with E-state index in [4.69, 9.17) is 0 Å². The van der Waals surface area contributed by atoms with Crippen molar-refractivity contribution in [2.24, 2.45) is 5.92 Å². The average molecular weight is 212 g/mol. The molecule has 3 nitrogen and oxygen atoms in total. The van der Waals surface area contributed by atoms with E-state index in [2.05, 4.69) is 31.4 Å². The lowest BCUT2D eigenvalue weighted by molar-refractivity contribution is -0.123. The molecule has 1 rings (SSSR count). The molecule has 0 aromatic rings. The van der Waals surface area contributed by atoms with Crippen molar-refractivity contribution in [3.05, 3.63) is 0 Å². The number of amides is 1. The second kappa shape index (κ2) is 6.11. The van der Waals surface area contributed by atoms with Crippen LogP contribution in [0.1, 0.15) is 46.5 Å². The molecule has 0 spiro atoms. The number of hydrogen-bond donors (Lipinski definition) is 2. The fraction of sp³-hybridized carbons (Fsp3) is 0.917. The van der Waals surface area contributed by atoms with E-state index in [1.54, 1.807) is 0 Å². The van der Waals surface area contributed by atoms with Gasteiger partial charge >= 0.3 is 0 Å². The molecule has 0 aromatic carbocycles. The Balaban J connectivity index is 2.24. The Morgan fingerprint density at radius 2 is 2.27 bits per heavy atom. The Hall–Kier alpha value is -0.570. The highest BCUT2D eigenvalue weighted by Crippen LogP contribution is 2.10. The van der Waals surface area contributed by atoms with Crippen molar-refractivity contribution in [3.63, 3.8) is 0 Å². The fourth-order valence-electron chi connectivity index (χ4n) is 2.08. The highest BCUT2D eigenvalue weighted by atomic mass is 16.2. The number of nitrogens with one attached hydrogen (secondary N) is 2. The minimum Gasteiger partial charge on any atom is -0.352 e. The van der Waals surface area contributed by atoms with Crippen LogP contribution < -0.4 is 10.6 Å². The SMILES string of the molecule is CCC(C)CC(C)NC(=O)[C@H]1CCCN1. The lowest BCUT2D eigenvalue weighted by atomic mass is 10.00. The zero-order chi connectivity index (χ0) is 11.3. The molecule has 1 aliphatic heterocycles. The van der Waals surface area contributed by atoms with Crippen molar-refractivity contribution < 1.29 is 4.79 Å². The van der Waals surface area contributed by atoms with Crippen LogP contribution in [0.5, 0.6) is 0 Å². The molecule has 1 saturated heterocycles. The summed E-state index contributed by atoms with van der Waals surface area (Å²) in [5, 5.41) is 6.30. The van der Waals surface area contributed by atoms with Gasteiger partial charge in [0, 0.05) is 6.04 Å². The van der Waals surface area contributed by atoms with Crippen molar-refractivity contribution in [1.29, 1.82) is 0 Å². The predicted molar refractivity (Wildman–Crippen MR) is 62.7 cm³/mol. The molecule has 15 heavy (non-hydrogen) atoms. The van der Waals surface area contributed by atoms with Gasteiger partial charge in [0.15, 0.2) is 0 Å². The van der Waals surface area contributed by atoms with Crippen LogP contribution in [0.15, 0.2) is 0 Å². The monoisotopic (exact) mass is 212 g/mol. The first-order chi connectivity index (χ1) is 7.13. The van der Waals surface area contributed by atoms with E-state index in [0.29, 0.717) is 12.0 Å². The van der Waals surface area contributed by atoms with Crippen LogP contribution in [0.2, 0.25) is 0 Å². The lowest BCUT2D eigenvalue weighted by Crippen LogP contribution is -2.44. The molecule has 2 unspecified atom stereocenters. The molecule has 3 heteroatoms. The number of hydrogen-bond acceptors (Lipinski definition) is 2. The zero-order valence-corrected chi connectivity index (χ0v) is 10.2. The van der Waals surface area contributed by atoms with E-state index >= 15 is 0 Å². The smallest absolute Gasteiger partial charge is 0.237 e. The average Bonchev–Trinajstić information content (AvgIpc) is 2.70. The molecule has 0 aliphatic carbocycles. The summed E-state index contributed by atoms with van der Waals surface area (Å²) in [5.74, 6) is 0.875. The minimum atomic E-state index is 0.0596. The Labute approximate surface area is 93.0 Å². The van der Waals surface area contributed by atoms with Crippen LogP contribution in [0, 0.1) is 5.92 Å². The molecular weight excluding hydrogens is 188 g/mol. The van der Waals surface area contributed by atoms with E-state index in [1.165, 1.54) is 6.42 Å². The molecule has 0 aromatic heterocycles. The summed E-state index contributed by atoms with van der Waals surface area (Å²) in [4.78, 5) is 11.8.